The van der Waals surface area contributed by atoms with Gasteiger partial charge in [-0.05, 0) is 66.3 Å². The summed E-state index contributed by atoms with van der Waals surface area (Å²) in [5, 5.41) is 5.07. The molecule has 1 aliphatic heterocycles. The maximum Gasteiger partial charge on any atom is 0.573 e. The van der Waals surface area contributed by atoms with Crippen LogP contribution in [0.3, 0.4) is 0 Å². The minimum absolute atomic E-state index is 0.00738. The number of carbonyl (C=O) groups excluding carboxylic acids is 1. The van der Waals surface area contributed by atoms with Gasteiger partial charge in [0.25, 0.3) is 0 Å². The van der Waals surface area contributed by atoms with Crippen molar-refractivity contribution in [2.45, 2.75) is 45.9 Å². The predicted octanol–water partition coefficient (Wildman–Crippen LogP) is 8.52. The Labute approximate surface area is 268 Å². The van der Waals surface area contributed by atoms with Crippen LogP contribution < -0.4 is 9.64 Å². The highest BCUT2D eigenvalue weighted by molar-refractivity contribution is 8.15. The van der Waals surface area contributed by atoms with E-state index in [4.69, 9.17) is 12.2 Å². The van der Waals surface area contributed by atoms with Crippen LogP contribution in [0.15, 0.2) is 84.1 Å². The molecule has 232 valence electrons. The largest absolute Gasteiger partial charge is 0.573 e. The summed E-state index contributed by atoms with van der Waals surface area (Å²) in [7, 11) is 0. The minimum Gasteiger partial charge on any atom is -0.406 e. The van der Waals surface area contributed by atoms with E-state index in [1.165, 1.54) is 47.0 Å². The maximum atomic E-state index is 12.8. The molecule has 2 heterocycles. The molecule has 1 aliphatic rings. The van der Waals surface area contributed by atoms with Gasteiger partial charge in [0.15, 0.2) is 11.0 Å². The highest BCUT2D eigenvalue weighted by Crippen LogP contribution is 2.34. The number of hydrogen-bond donors (Lipinski definition) is 0. The second kappa shape index (κ2) is 13.8. The molecule has 7 nitrogen and oxygen atoms in total. The van der Waals surface area contributed by atoms with E-state index in [1.54, 1.807) is 4.90 Å². The third-order valence-electron chi connectivity index (χ3n) is 6.87. The van der Waals surface area contributed by atoms with Gasteiger partial charge in [0.1, 0.15) is 17.1 Å². The molecule has 1 saturated heterocycles. The number of allylic oxidation sites excluding steroid dienone is 1. The number of amides is 1. The molecule has 0 saturated carbocycles. The molecule has 0 radical (unpaired) electrons. The van der Waals surface area contributed by atoms with Crippen molar-refractivity contribution < 1.29 is 22.7 Å². The summed E-state index contributed by atoms with van der Waals surface area (Å²) in [4.78, 5) is 24.1. The number of aliphatic imine (C=N–C) groups is 1. The molecule has 1 fully saturated rings. The zero-order valence-corrected chi connectivity index (χ0v) is 26.4. The Morgan fingerprint density at radius 2 is 1.84 bits per heavy atom. The van der Waals surface area contributed by atoms with Crippen molar-refractivity contribution >= 4 is 51.8 Å². The first kappa shape index (κ1) is 32.1. The lowest BCUT2D eigenvalue weighted by Crippen LogP contribution is -2.31. The lowest BCUT2D eigenvalue weighted by atomic mass is 9.99. The Hall–Kier alpha value is -4.29. The number of amidine groups is 1. The van der Waals surface area contributed by atoms with Gasteiger partial charge in [0, 0.05) is 12.0 Å². The van der Waals surface area contributed by atoms with Crippen molar-refractivity contribution in [1.29, 1.82) is 0 Å². The van der Waals surface area contributed by atoms with Gasteiger partial charge in [-0.3, -0.25) is 9.69 Å². The number of thioether (sulfide) groups is 1. The summed E-state index contributed by atoms with van der Waals surface area (Å²) in [6, 6.07) is 19.2. The molecule has 5 rings (SSSR count). The number of halogens is 3. The van der Waals surface area contributed by atoms with Crippen LogP contribution in [-0.2, 0) is 4.79 Å². The average molecular weight is 650 g/mol. The van der Waals surface area contributed by atoms with E-state index < -0.39 is 6.36 Å². The van der Waals surface area contributed by atoms with Crippen LogP contribution in [-0.4, -0.2) is 42.9 Å². The number of carbonyl (C=O) groups is 1. The van der Waals surface area contributed by atoms with Crippen LogP contribution >= 0.6 is 24.0 Å². The summed E-state index contributed by atoms with van der Waals surface area (Å²) >= 11 is 6.98. The number of aromatic nitrogens is 3. The van der Waals surface area contributed by atoms with E-state index in [9.17, 15) is 18.0 Å². The van der Waals surface area contributed by atoms with Gasteiger partial charge in [-0.15, -0.1) is 18.3 Å². The number of aryl methyl sites for hydroxylation is 1. The Kier molecular flexibility index (Phi) is 9.83. The first-order chi connectivity index (χ1) is 21.5. The van der Waals surface area contributed by atoms with Crippen molar-refractivity contribution in [2.24, 2.45) is 4.99 Å². The number of alkyl halides is 3. The number of nitrogens with zero attached hydrogens (tertiary/aromatic N) is 5. The molecule has 3 aromatic carbocycles. The van der Waals surface area contributed by atoms with Crippen LogP contribution in [0.1, 0.15) is 49.3 Å². The molecular weight excluding hydrogens is 620 g/mol. The quantitative estimate of drug-likeness (QED) is 0.169. The SMILES string of the molecule is Cc1ccc(C(C)C)c(N2C(=O)CSC2=NC(=S)CC/C=C\c2ccc(-c3ncn(-c4ccc(OC(F)(F)F)cc4)n3)cc2)c1. The second-order valence-electron chi connectivity index (χ2n) is 10.6. The highest BCUT2D eigenvalue weighted by Gasteiger charge is 2.32. The number of benzene rings is 3. The van der Waals surface area contributed by atoms with Crippen LogP contribution in [0.2, 0.25) is 0 Å². The Morgan fingerprint density at radius 1 is 1.11 bits per heavy atom. The summed E-state index contributed by atoms with van der Waals surface area (Å²) in [5.41, 5.74) is 5.38. The van der Waals surface area contributed by atoms with Gasteiger partial charge in [0.2, 0.25) is 5.91 Å². The van der Waals surface area contributed by atoms with E-state index in [0.717, 1.165) is 27.9 Å². The van der Waals surface area contributed by atoms with Gasteiger partial charge in [0.05, 0.1) is 17.1 Å². The molecular formula is C33H30F3N5O2S2. The molecule has 0 atom stereocenters. The molecule has 0 bridgehead atoms. The normalized spacial score (nSPS) is 14.7. The number of rotatable bonds is 9. The molecule has 0 unspecified atom stereocenters. The molecule has 0 N–H and O–H groups in total. The molecule has 12 heteroatoms. The van der Waals surface area contributed by atoms with Gasteiger partial charge in [-0.25, -0.2) is 14.7 Å². The third kappa shape index (κ3) is 8.25. The lowest BCUT2D eigenvalue weighted by molar-refractivity contribution is -0.274. The first-order valence-electron chi connectivity index (χ1n) is 14.2. The van der Waals surface area contributed by atoms with Crippen LogP contribution in [0, 0.1) is 6.92 Å². The van der Waals surface area contributed by atoms with Crippen molar-refractivity contribution in [3.8, 4) is 22.8 Å². The average Bonchev–Trinajstić information content (AvgIpc) is 3.62. The second-order valence-corrected chi connectivity index (χ2v) is 12.1. The van der Waals surface area contributed by atoms with E-state index in [0.29, 0.717) is 40.3 Å². The van der Waals surface area contributed by atoms with Gasteiger partial charge < -0.3 is 4.74 Å². The Morgan fingerprint density at radius 3 is 2.53 bits per heavy atom. The summed E-state index contributed by atoms with van der Waals surface area (Å²) in [6.45, 7) is 6.24. The van der Waals surface area contributed by atoms with Crippen molar-refractivity contribution in [3.05, 3.63) is 95.8 Å². The van der Waals surface area contributed by atoms with Crippen molar-refractivity contribution in [2.75, 3.05) is 10.7 Å². The number of thiocarbonyl (C=S) groups is 1. The summed E-state index contributed by atoms with van der Waals surface area (Å²) < 4.78 is 42.6. The smallest absolute Gasteiger partial charge is 0.406 e. The molecule has 45 heavy (non-hydrogen) atoms. The van der Waals surface area contributed by atoms with Crippen LogP contribution in [0.5, 0.6) is 5.75 Å². The predicted molar refractivity (Wildman–Crippen MR) is 177 cm³/mol. The molecule has 1 aromatic heterocycles. The van der Waals surface area contributed by atoms with E-state index >= 15 is 0 Å². The maximum absolute atomic E-state index is 12.8. The standard InChI is InChI=1S/C33H30F3N5O2S2/c1-21(2)27-17-8-22(3)18-28(27)41-30(42)19-45-32(41)38-29(44)7-5-4-6-23-9-11-24(12-10-23)31-37-20-40(39-31)25-13-15-26(16-14-25)43-33(34,35)36/h4,6,8-18,20-21H,5,7,19H2,1-3H3/b6-4-,38-32?. The first-order valence-corrected chi connectivity index (χ1v) is 15.6. The highest BCUT2D eigenvalue weighted by atomic mass is 32.2. The Balaban J connectivity index is 1.17. The lowest BCUT2D eigenvalue weighted by Gasteiger charge is -2.22. The van der Waals surface area contributed by atoms with Crippen LogP contribution in [0.4, 0.5) is 18.9 Å². The summed E-state index contributed by atoms with van der Waals surface area (Å²) in [5.74, 6) is 0.782. The zero-order chi connectivity index (χ0) is 32.1. The third-order valence-corrected chi connectivity index (χ3v) is 8.08. The molecule has 0 aliphatic carbocycles. The number of ether oxygens (including phenoxy) is 1. The molecule has 4 aromatic rings. The Bertz CT molecular complexity index is 1750. The fourth-order valence-electron chi connectivity index (χ4n) is 4.67. The monoisotopic (exact) mass is 649 g/mol. The van der Waals surface area contributed by atoms with E-state index in [2.05, 4.69) is 45.8 Å². The van der Waals surface area contributed by atoms with E-state index in [1.807, 2.05) is 49.4 Å². The number of hydrogen-bond acceptors (Lipinski definition) is 6. The van der Waals surface area contributed by atoms with Crippen molar-refractivity contribution in [3.63, 3.8) is 0 Å². The minimum atomic E-state index is -4.75. The van der Waals surface area contributed by atoms with Gasteiger partial charge in [-0.2, -0.15) is 0 Å². The fourth-order valence-corrected chi connectivity index (χ4v) is 5.82. The topological polar surface area (TPSA) is 72.6 Å². The zero-order valence-electron chi connectivity index (χ0n) is 24.8. The van der Waals surface area contributed by atoms with E-state index in [-0.39, 0.29) is 17.6 Å². The van der Waals surface area contributed by atoms with Crippen molar-refractivity contribution in [1.82, 2.24) is 14.8 Å². The fraction of sp³-hybridized carbons (Fsp3) is 0.242. The molecule has 0 spiro atoms. The van der Waals surface area contributed by atoms with Gasteiger partial charge in [-0.1, -0.05) is 86.4 Å². The summed E-state index contributed by atoms with van der Waals surface area (Å²) in [6.07, 6.45) is 2.05. The molecule has 1 amide bonds. The number of anilines is 1. The van der Waals surface area contributed by atoms with Gasteiger partial charge >= 0.3 is 6.36 Å². The van der Waals surface area contributed by atoms with Crippen LogP contribution in [0.25, 0.3) is 23.2 Å².